The van der Waals surface area contributed by atoms with Crippen LogP contribution in [0.15, 0.2) is 21.7 Å². The SMILES string of the molecule is CN1CCN(c2nnc(CC3(N)N=C(N)C=CN3)o2)CC1. The molecule has 9 nitrogen and oxygen atoms in total. The van der Waals surface area contributed by atoms with Crippen LogP contribution in [0.4, 0.5) is 6.01 Å². The summed E-state index contributed by atoms with van der Waals surface area (Å²) in [6, 6.07) is 0.532. The molecule has 0 radical (unpaired) electrons. The molecule has 0 spiro atoms. The Balaban J connectivity index is 1.67. The number of piperazine rings is 1. The minimum absolute atomic E-state index is 0.277. The molecule has 3 rings (SSSR count). The van der Waals surface area contributed by atoms with Gasteiger partial charge in [0.25, 0.3) is 0 Å². The minimum Gasteiger partial charge on any atom is -0.408 e. The third-order valence-corrected chi connectivity index (χ3v) is 3.57. The van der Waals surface area contributed by atoms with Crippen LogP contribution >= 0.6 is 0 Å². The third kappa shape index (κ3) is 3.14. The maximum absolute atomic E-state index is 6.11. The molecule has 1 aromatic heterocycles. The standard InChI is InChI=1S/C12H20N8O/c1-19-4-6-20(7-5-19)11-18-17-10(21-11)8-12(14)15-3-2-9(13)16-12/h2-3,15H,4-8,14H2,1H3,(H2,13,16). The highest BCUT2D eigenvalue weighted by Gasteiger charge is 2.29. The molecule has 1 aromatic rings. The molecule has 21 heavy (non-hydrogen) atoms. The van der Waals surface area contributed by atoms with Crippen LogP contribution in [0.3, 0.4) is 0 Å². The lowest BCUT2D eigenvalue weighted by molar-refractivity contribution is 0.300. The normalized spacial score (nSPS) is 26.6. The van der Waals surface area contributed by atoms with Crippen LogP contribution in [0.2, 0.25) is 0 Å². The van der Waals surface area contributed by atoms with Crippen molar-refractivity contribution in [2.24, 2.45) is 16.5 Å². The average molecular weight is 292 g/mol. The number of anilines is 1. The van der Waals surface area contributed by atoms with E-state index in [-0.39, 0.29) is 6.42 Å². The van der Waals surface area contributed by atoms with Gasteiger partial charge in [-0.1, -0.05) is 5.10 Å². The lowest BCUT2D eigenvalue weighted by Crippen LogP contribution is -2.54. The molecule has 0 aromatic carbocycles. The fourth-order valence-electron chi connectivity index (χ4n) is 2.33. The molecular formula is C12H20N8O. The van der Waals surface area contributed by atoms with Gasteiger partial charge < -0.3 is 25.3 Å². The van der Waals surface area contributed by atoms with Crippen molar-refractivity contribution in [3.63, 3.8) is 0 Å². The Morgan fingerprint density at radius 1 is 1.33 bits per heavy atom. The van der Waals surface area contributed by atoms with Crippen LogP contribution in [-0.4, -0.2) is 59.9 Å². The Hall–Kier alpha value is -2.13. The van der Waals surface area contributed by atoms with Crippen molar-refractivity contribution in [1.82, 2.24) is 20.4 Å². The van der Waals surface area contributed by atoms with E-state index in [1.54, 1.807) is 12.3 Å². The fourth-order valence-corrected chi connectivity index (χ4v) is 2.33. The van der Waals surface area contributed by atoms with Crippen molar-refractivity contribution < 1.29 is 4.42 Å². The van der Waals surface area contributed by atoms with Crippen LogP contribution in [0.25, 0.3) is 0 Å². The van der Waals surface area contributed by atoms with Gasteiger partial charge in [0.1, 0.15) is 5.84 Å². The minimum atomic E-state index is -1.04. The number of nitrogens with two attached hydrogens (primary N) is 2. The summed E-state index contributed by atoms with van der Waals surface area (Å²) in [7, 11) is 2.10. The predicted molar refractivity (Wildman–Crippen MR) is 78.5 cm³/mol. The van der Waals surface area contributed by atoms with Crippen LogP contribution in [0, 0.1) is 0 Å². The molecule has 1 unspecified atom stereocenters. The molecule has 5 N–H and O–H groups in total. The molecular weight excluding hydrogens is 272 g/mol. The second-order valence-corrected chi connectivity index (χ2v) is 5.38. The summed E-state index contributed by atoms with van der Waals surface area (Å²) in [5, 5.41) is 11.1. The monoisotopic (exact) mass is 292 g/mol. The first-order chi connectivity index (χ1) is 10.0. The first-order valence-corrected chi connectivity index (χ1v) is 6.88. The van der Waals surface area contributed by atoms with Crippen molar-refractivity contribution in [3.05, 3.63) is 18.2 Å². The lowest BCUT2D eigenvalue weighted by atomic mass is 10.2. The Bertz CT molecular complexity index is 559. The van der Waals surface area contributed by atoms with E-state index >= 15 is 0 Å². The van der Waals surface area contributed by atoms with Crippen molar-refractivity contribution in [1.29, 1.82) is 0 Å². The number of rotatable bonds is 3. The van der Waals surface area contributed by atoms with Crippen LogP contribution < -0.4 is 21.7 Å². The fraction of sp³-hybridized carbons (Fsp3) is 0.583. The van der Waals surface area contributed by atoms with Gasteiger partial charge in [0, 0.05) is 32.4 Å². The Kier molecular flexibility index (Phi) is 3.52. The quantitative estimate of drug-likeness (QED) is 0.612. The summed E-state index contributed by atoms with van der Waals surface area (Å²) in [6.07, 6.45) is 3.59. The van der Waals surface area contributed by atoms with Gasteiger partial charge in [-0.25, -0.2) is 4.99 Å². The van der Waals surface area contributed by atoms with Crippen molar-refractivity contribution >= 4 is 11.9 Å². The van der Waals surface area contributed by atoms with Crippen LogP contribution in [0.1, 0.15) is 5.89 Å². The topological polar surface area (TPSA) is 122 Å². The van der Waals surface area contributed by atoms with Gasteiger partial charge >= 0.3 is 6.01 Å². The van der Waals surface area contributed by atoms with E-state index in [2.05, 4.69) is 37.4 Å². The highest BCUT2D eigenvalue weighted by molar-refractivity contribution is 5.92. The maximum Gasteiger partial charge on any atom is 0.318 e. The lowest BCUT2D eigenvalue weighted by Gasteiger charge is -2.30. The summed E-state index contributed by atoms with van der Waals surface area (Å²) in [6.45, 7) is 3.70. The predicted octanol–water partition coefficient (Wildman–Crippen LogP) is -1.55. The molecule has 9 heteroatoms. The summed E-state index contributed by atoms with van der Waals surface area (Å²) in [5.41, 5.74) is 11.8. The van der Waals surface area contributed by atoms with Crippen LogP contribution in [0.5, 0.6) is 0 Å². The zero-order valence-corrected chi connectivity index (χ0v) is 12.0. The zero-order valence-electron chi connectivity index (χ0n) is 12.0. The highest BCUT2D eigenvalue weighted by Crippen LogP contribution is 2.17. The summed E-state index contributed by atoms with van der Waals surface area (Å²) in [5.74, 6) is -0.231. The molecule has 0 saturated carbocycles. The van der Waals surface area contributed by atoms with Gasteiger partial charge in [0.05, 0.1) is 6.42 Å². The molecule has 0 aliphatic carbocycles. The number of likely N-dealkylation sites (N-methyl/N-ethyl adjacent to an activating group) is 1. The van der Waals surface area contributed by atoms with E-state index in [0.29, 0.717) is 17.7 Å². The van der Waals surface area contributed by atoms with Crippen molar-refractivity contribution in [2.45, 2.75) is 12.2 Å². The largest absolute Gasteiger partial charge is 0.408 e. The number of amidine groups is 1. The molecule has 2 aliphatic heterocycles. The second kappa shape index (κ2) is 5.34. The van der Waals surface area contributed by atoms with Gasteiger partial charge in [0.15, 0.2) is 5.79 Å². The van der Waals surface area contributed by atoms with Gasteiger partial charge in [-0.3, -0.25) is 5.73 Å². The van der Waals surface area contributed by atoms with E-state index in [1.807, 2.05) is 0 Å². The van der Waals surface area contributed by atoms with Gasteiger partial charge in [0.2, 0.25) is 5.89 Å². The highest BCUT2D eigenvalue weighted by atomic mass is 16.4. The molecule has 1 atom stereocenters. The Morgan fingerprint density at radius 2 is 2.10 bits per heavy atom. The first kappa shape index (κ1) is 13.8. The maximum atomic E-state index is 6.11. The third-order valence-electron chi connectivity index (χ3n) is 3.57. The van der Waals surface area contributed by atoms with Crippen molar-refractivity contribution in [2.75, 3.05) is 38.1 Å². The van der Waals surface area contributed by atoms with Crippen molar-refractivity contribution in [3.8, 4) is 0 Å². The average Bonchev–Trinajstić information content (AvgIpc) is 2.87. The van der Waals surface area contributed by atoms with Gasteiger partial charge in [-0.05, 0) is 13.1 Å². The van der Waals surface area contributed by atoms with E-state index in [0.717, 1.165) is 26.2 Å². The Labute approximate surface area is 122 Å². The van der Waals surface area contributed by atoms with E-state index < -0.39 is 5.79 Å². The van der Waals surface area contributed by atoms with E-state index in [9.17, 15) is 0 Å². The summed E-state index contributed by atoms with van der Waals surface area (Å²) < 4.78 is 5.69. The molecule has 2 aliphatic rings. The number of hydrogen-bond acceptors (Lipinski definition) is 9. The molecule has 0 bridgehead atoms. The molecule has 114 valence electrons. The van der Waals surface area contributed by atoms with Crippen LogP contribution in [-0.2, 0) is 6.42 Å². The van der Waals surface area contributed by atoms with Gasteiger partial charge in [-0.2, -0.15) is 0 Å². The first-order valence-electron chi connectivity index (χ1n) is 6.88. The number of nitrogens with zero attached hydrogens (tertiary/aromatic N) is 5. The van der Waals surface area contributed by atoms with E-state index in [4.69, 9.17) is 15.9 Å². The number of nitrogens with one attached hydrogen (secondary N) is 1. The Morgan fingerprint density at radius 3 is 2.81 bits per heavy atom. The smallest absolute Gasteiger partial charge is 0.318 e. The zero-order chi connectivity index (χ0) is 14.9. The molecule has 3 heterocycles. The summed E-state index contributed by atoms with van der Waals surface area (Å²) in [4.78, 5) is 8.50. The molecule has 0 amide bonds. The molecule has 1 saturated heterocycles. The number of aliphatic imine (C=N–C) groups is 1. The number of aromatic nitrogens is 2. The summed E-state index contributed by atoms with van der Waals surface area (Å²) >= 11 is 0. The van der Waals surface area contributed by atoms with E-state index in [1.165, 1.54) is 0 Å². The number of hydrogen-bond donors (Lipinski definition) is 3. The second-order valence-electron chi connectivity index (χ2n) is 5.38. The molecule has 1 fully saturated rings. The van der Waals surface area contributed by atoms with Gasteiger partial charge in [-0.15, -0.1) is 5.10 Å².